The first-order chi connectivity index (χ1) is 9.11. The van der Waals surface area contributed by atoms with Gasteiger partial charge in [0, 0.05) is 38.4 Å². The van der Waals surface area contributed by atoms with Crippen LogP contribution < -0.4 is 5.73 Å². The van der Waals surface area contributed by atoms with Crippen molar-refractivity contribution in [3.63, 3.8) is 0 Å². The predicted octanol–water partition coefficient (Wildman–Crippen LogP) is 0.327. The molecule has 0 unspecified atom stereocenters. The van der Waals surface area contributed by atoms with Crippen molar-refractivity contribution in [2.45, 2.75) is 6.92 Å². The van der Waals surface area contributed by atoms with Crippen molar-refractivity contribution in [2.75, 3.05) is 45.1 Å². The van der Waals surface area contributed by atoms with Crippen molar-refractivity contribution >= 4 is 11.6 Å². The Hall–Kier alpha value is -1.59. The number of aliphatic hydroxyl groups excluding tert-OH is 1. The van der Waals surface area contributed by atoms with Crippen molar-refractivity contribution in [2.24, 2.45) is 0 Å². The van der Waals surface area contributed by atoms with Crippen LogP contribution in [-0.2, 0) is 0 Å². The molecule has 1 fully saturated rings. The van der Waals surface area contributed by atoms with Gasteiger partial charge in [-0.05, 0) is 19.1 Å². The van der Waals surface area contributed by atoms with E-state index >= 15 is 0 Å². The number of aliphatic hydroxyl groups is 1. The van der Waals surface area contributed by atoms with E-state index in [0.29, 0.717) is 30.9 Å². The smallest absolute Gasteiger partial charge is 0.256 e. The SMILES string of the molecule is Cc1ccc(N)c(C(=O)N2CCN(CCO)CC2)c1. The maximum Gasteiger partial charge on any atom is 0.256 e. The lowest BCUT2D eigenvalue weighted by atomic mass is 10.1. The lowest BCUT2D eigenvalue weighted by molar-refractivity contribution is 0.0616. The molecular formula is C14H21N3O2. The number of piperazine rings is 1. The molecule has 5 heteroatoms. The molecule has 0 spiro atoms. The Morgan fingerprint density at radius 2 is 2.00 bits per heavy atom. The van der Waals surface area contributed by atoms with E-state index in [2.05, 4.69) is 4.90 Å². The van der Waals surface area contributed by atoms with Crippen LogP contribution in [0.15, 0.2) is 18.2 Å². The van der Waals surface area contributed by atoms with Gasteiger partial charge in [0.2, 0.25) is 0 Å². The molecule has 1 aromatic rings. The van der Waals surface area contributed by atoms with E-state index in [9.17, 15) is 4.79 Å². The average molecular weight is 263 g/mol. The van der Waals surface area contributed by atoms with Crippen LogP contribution >= 0.6 is 0 Å². The number of β-amino-alcohol motifs (C(OH)–C–C–N with tert-alkyl or cyclic N) is 1. The summed E-state index contributed by atoms with van der Waals surface area (Å²) in [7, 11) is 0. The monoisotopic (exact) mass is 263 g/mol. The van der Waals surface area contributed by atoms with E-state index in [1.54, 1.807) is 6.07 Å². The molecule has 104 valence electrons. The normalized spacial score (nSPS) is 16.6. The van der Waals surface area contributed by atoms with E-state index in [4.69, 9.17) is 10.8 Å². The van der Waals surface area contributed by atoms with Crippen molar-refractivity contribution in [1.82, 2.24) is 9.80 Å². The molecule has 1 aromatic carbocycles. The van der Waals surface area contributed by atoms with Crippen LogP contribution in [0.5, 0.6) is 0 Å². The molecule has 0 radical (unpaired) electrons. The lowest BCUT2D eigenvalue weighted by Crippen LogP contribution is -2.49. The fraction of sp³-hybridized carbons (Fsp3) is 0.500. The number of rotatable bonds is 3. The standard InChI is InChI=1S/C14H21N3O2/c1-11-2-3-13(15)12(10-11)14(19)17-6-4-16(5-7-17)8-9-18/h2-3,10,18H,4-9,15H2,1H3. The molecule has 5 nitrogen and oxygen atoms in total. The second kappa shape index (κ2) is 6.04. The molecule has 0 bridgehead atoms. The molecule has 3 N–H and O–H groups in total. The molecule has 1 saturated heterocycles. The lowest BCUT2D eigenvalue weighted by Gasteiger charge is -2.34. The third-order valence-corrected chi connectivity index (χ3v) is 3.51. The van der Waals surface area contributed by atoms with Gasteiger partial charge in [-0.2, -0.15) is 0 Å². The van der Waals surface area contributed by atoms with Crippen LogP contribution in [0.2, 0.25) is 0 Å². The summed E-state index contributed by atoms with van der Waals surface area (Å²) in [6.45, 7) is 5.78. The minimum Gasteiger partial charge on any atom is -0.398 e. The molecule has 0 atom stereocenters. The molecule has 19 heavy (non-hydrogen) atoms. The van der Waals surface area contributed by atoms with E-state index < -0.39 is 0 Å². The largest absolute Gasteiger partial charge is 0.398 e. The topological polar surface area (TPSA) is 69.8 Å². The van der Waals surface area contributed by atoms with Gasteiger partial charge in [-0.3, -0.25) is 9.69 Å². The number of anilines is 1. The second-order valence-corrected chi connectivity index (χ2v) is 4.95. The molecule has 1 heterocycles. The van der Waals surface area contributed by atoms with Crippen LogP contribution in [0.4, 0.5) is 5.69 Å². The number of hydrogen-bond acceptors (Lipinski definition) is 4. The van der Waals surface area contributed by atoms with Crippen LogP contribution in [0.25, 0.3) is 0 Å². The Kier molecular flexibility index (Phi) is 4.39. The molecule has 0 aromatic heterocycles. The van der Waals surface area contributed by atoms with E-state index in [0.717, 1.165) is 18.7 Å². The Morgan fingerprint density at radius 1 is 1.32 bits per heavy atom. The quantitative estimate of drug-likeness (QED) is 0.771. The minimum atomic E-state index is 0.00449. The maximum absolute atomic E-state index is 12.4. The molecule has 2 rings (SSSR count). The minimum absolute atomic E-state index is 0.00449. The summed E-state index contributed by atoms with van der Waals surface area (Å²) in [5, 5.41) is 8.90. The van der Waals surface area contributed by atoms with Crippen LogP contribution in [0.3, 0.4) is 0 Å². The van der Waals surface area contributed by atoms with Crippen LogP contribution in [0, 0.1) is 6.92 Å². The summed E-state index contributed by atoms with van der Waals surface area (Å²) < 4.78 is 0. The highest BCUT2D eigenvalue weighted by atomic mass is 16.3. The highest BCUT2D eigenvalue weighted by molar-refractivity contribution is 5.99. The Bertz CT molecular complexity index is 454. The number of aryl methyl sites for hydroxylation is 1. The first-order valence-electron chi connectivity index (χ1n) is 6.60. The van der Waals surface area contributed by atoms with Gasteiger partial charge >= 0.3 is 0 Å². The summed E-state index contributed by atoms with van der Waals surface area (Å²) in [6, 6.07) is 5.54. The van der Waals surface area contributed by atoms with Gasteiger partial charge < -0.3 is 15.7 Å². The molecule has 0 aliphatic carbocycles. The maximum atomic E-state index is 12.4. The number of nitrogens with two attached hydrogens (primary N) is 1. The fourth-order valence-electron chi connectivity index (χ4n) is 2.34. The van der Waals surface area contributed by atoms with Gasteiger partial charge in [0.25, 0.3) is 5.91 Å². The third kappa shape index (κ3) is 3.24. The van der Waals surface area contributed by atoms with Crippen molar-refractivity contribution in [3.8, 4) is 0 Å². The van der Waals surface area contributed by atoms with Gasteiger partial charge in [-0.25, -0.2) is 0 Å². The van der Waals surface area contributed by atoms with Gasteiger partial charge in [0.05, 0.1) is 12.2 Å². The van der Waals surface area contributed by atoms with Crippen molar-refractivity contribution < 1.29 is 9.90 Å². The highest BCUT2D eigenvalue weighted by Gasteiger charge is 2.23. The number of carbonyl (C=O) groups is 1. The Labute approximate surface area is 113 Å². The number of nitrogens with zero attached hydrogens (tertiary/aromatic N) is 2. The number of nitrogen functional groups attached to an aromatic ring is 1. The van der Waals surface area contributed by atoms with Gasteiger partial charge in [0.15, 0.2) is 0 Å². The fourth-order valence-corrected chi connectivity index (χ4v) is 2.34. The zero-order valence-electron chi connectivity index (χ0n) is 11.3. The van der Waals surface area contributed by atoms with E-state index in [1.807, 2.05) is 24.0 Å². The zero-order valence-corrected chi connectivity index (χ0v) is 11.3. The molecular weight excluding hydrogens is 242 g/mol. The van der Waals surface area contributed by atoms with Gasteiger partial charge in [-0.1, -0.05) is 11.6 Å². The van der Waals surface area contributed by atoms with E-state index in [1.165, 1.54) is 0 Å². The second-order valence-electron chi connectivity index (χ2n) is 4.95. The third-order valence-electron chi connectivity index (χ3n) is 3.51. The van der Waals surface area contributed by atoms with Crippen molar-refractivity contribution in [3.05, 3.63) is 29.3 Å². The van der Waals surface area contributed by atoms with Crippen LogP contribution in [-0.4, -0.2) is 60.1 Å². The predicted molar refractivity (Wildman–Crippen MR) is 75.0 cm³/mol. The first-order valence-corrected chi connectivity index (χ1v) is 6.60. The van der Waals surface area contributed by atoms with Gasteiger partial charge in [-0.15, -0.1) is 0 Å². The summed E-state index contributed by atoms with van der Waals surface area (Å²) in [5.41, 5.74) is 8.05. The number of hydrogen-bond donors (Lipinski definition) is 2. The molecule has 1 aliphatic rings. The van der Waals surface area contributed by atoms with Crippen molar-refractivity contribution in [1.29, 1.82) is 0 Å². The number of amides is 1. The Morgan fingerprint density at radius 3 is 2.63 bits per heavy atom. The molecule has 1 aliphatic heterocycles. The highest BCUT2D eigenvalue weighted by Crippen LogP contribution is 2.17. The number of carbonyl (C=O) groups excluding carboxylic acids is 1. The van der Waals surface area contributed by atoms with Gasteiger partial charge in [0.1, 0.15) is 0 Å². The van der Waals surface area contributed by atoms with E-state index in [-0.39, 0.29) is 12.5 Å². The summed E-state index contributed by atoms with van der Waals surface area (Å²) in [5.74, 6) is 0.00449. The summed E-state index contributed by atoms with van der Waals surface area (Å²) in [4.78, 5) is 16.4. The Balaban J connectivity index is 2.03. The molecule has 1 amide bonds. The van der Waals surface area contributed by atoms with Crippen LogP contribution in [0.1, 0.15) is 15.9 Å². The first kappa shape index (κ1) is 13.8. The average Bonchev–Trinajstić information content (AvgIpc) is 2.42. The summed E-state index contributed by atoms with van der Waals surface area (Å²) in [6.07, 6.45) is 0. The summed E-state index contributed by atoms with van der Waals surface area (Å²) >= 11 is 0. The zero-order chi connectivity index (χ0) is 13.8. The molecule has 0 saturated carbocycles. The number of benzene rings is 1.